The van der Waals surface area contributed by atoms with Crippen LogP contribution in [0.15, 0.2) is 34.2 Å². The Morgan fingerprint density at radius 3 is 2.56 bits per heavy atom. The number of thioether (sulfide) groups is 1. The summed E-state index contributed by atoms with van der Waals surface area (Å²) in [5, 5.41) is 4.04. The highest BCUT2D eigenvalue weighted by molar-refractivity contribution is 7.99. The first kappa shape index (κ1) is 24.0. The lowest BCUT2D eigenvalue weighted by Gasteiger charge is -2.19. The SMILES string of the molecule is CCN(CC)C(=O)c1cccc(NC(=O)CSc2nc3sc(C)c(C)c3c(=O)n2CC)c1. The normalized spacial score (nSPS) is 11.0. The molecule has 0 aliphatic carbocycles. The minimum atomic E-state index is -0.224. The predicted molar refractivity (Wildman–Crippen MR) is 132 cm³/mol. The third-order valence-corrected chi connectivity index (χ3v) is 7.42. The Hall–Kier alpha value is -2.65. The van der Waals surface area contributed by atoms with Crippen LogP contribution in [0.4, 0.5) is 5.69 Å². The largest absolute Gasteiger partial charge is 0.339 e. The van der Waals surface area contributed by atoms with Gasteiger partial charge in [-0.25, -0.2) is 4.98 Å². The molecule has 0 aliphatic heterocycles. The molecule has 1 aromatic carbocycles. The number of rotatable bonds is 8. The van der Waals surface area contributed by atoms with Crippen LogP contribution in [0.2, 0.25) is 0 Å². The third kappa shape index (κ3) is 4.88. The molecule has 0 spiro atoms. The highest BCUT2D eigenvalue weighted by Crippen LogP contribution is 2.28. The molecule has 9 heteroatoms. The fourth-order valence-corrected chi connectivity index (χ4v) is 5.38. The number of amides is 2. The minimum Gasteiger partial charge on any atom is -0.339 e. The van der Waals surface area contributed by atoms with Gasteiger partial charge in [0, 0.05) is 35.8 Å². The van der Waals surface area contributed by atoms with Crippen LogP contribution in [-0.2, 0) is 11.3 Å². The summed E-state index contributed by atoms with van der Waals surface area (Å²) < 4.78 is 1.61. The zero-order valence-corrected chi connectivity index (χ0v) is 20.7. The van der Waals surface area contributed by atoms with Gasteiger partial charge in [0.05, 0.1) is 11.1 Å². The molecule has 0 saturated carbocycles. The van der Waals surface area contributed by atoms with Crippen LogP contribution in [0, 0.1) is 13.8 Å². The van der Waals surface area contributed by atoms with Gasteiger partial charge in [0.15, 0.2) is 5.16 Å². The van der Waals surface area contributed by atoms with Crippen molar-refractivity contribution in [3.8, 4) is 0 Å². The van der Waals surface area contributed by atoms with E-state index >= 15 is 0 Å². The van der Waals surface area contributed by atoms with Crippen molar-refractivity contribution in [1.82, 2.24) is 14.5 Å². The Balaban J connectivity index is 1.74. The highest BCUT2D eigenvalue weighted by Gasteiger charge is 2.17. The maximum absolute atomic E-state index is 12.9. The number of nitrogens with one attached hydrogen (secondary N) is 1. The van der Waals surface area contributed by atoms with Crippen LogP contribution in [0.25, 0.3) is 10.2 Å². The number of hydrogen-bond donors (Lipinski definition) is 1. The molecule has 7 nitrogen and oxygen atoms in total. The highest BCUT2D eigenvalue weighted by atomic mass is 32.2. The average Bonchev–Trinajstić information content (AvgIpc) is 3.06. The molecule has 0 unspecified atom stereocenters. The molecule has 0 bridgehead atoms. The van der Waals surface area contributed by atoms with Crippen molar-refractivity contribution >= 4 is 50.8 Å². The standard InChI is InChI=1S/C23H28N4O3S2/c1-6-26(7-2)21(29)16-10-9-11-17(12-16)24-18(28)13-31-23-25-20-19(14(4)15(5)32-20)22(30)27(23)8-3/h9-12H,6-8,13H2,1-5H3,(H,24,28). The molecule has 3 aromatic rings. The Labute approximate surface area is 195 Å². The van der Waals surface area contributed by atoms with Crippen molar-refractivity contribution in [2.24, 2.45) is 0 Å². The van der Waals surface area contributed by atoms with Crippen molar-refractivity contribution in [3.05, 3.63) is 50.6 Å². The molecule has 0 aliphatic rings. The predicted octanol–water partition coefficient (Wildman–Crippen LogP) is 4.31. The lowest BCUT2D eigenvalue weighted by molar-refractivity contribution is -0.113. The molecular weight excluding hydrogens is 444 g/mol. The first-order valence-corrected chi connectivity index (χ1v) is 12.4. The number of carbonyl (C=O) groups is 2. The number of carbonyl (C=O) groups excluding carboxylic acids is 2. The topological polar surface area (TPSA) is 84.3 Å². The lowest BCUT2D eigenvalue weighted by atomic mass is 10.1. The Morgan fingerprint density at radius 2 is 1.91 bits per heavy atom. The molecule has 2 heterocycles. The van der Waals surface area contributed by atoms with Crippen molar-refractivity contribution in [1.29, 1.82) is 0 Å². The molecule has 2 aromatic heterocycles. The van der Waals surface area contributed by atoms with Gasteiger partial charge in [-0.05, 0) is 58.4 Å². The Bertz CT molecular complexity index is 1210. The van der Waals surface area contributed by atoms with Gasteiger partial charge in [0.25, 0.3) is 11.5 Å². The third-order valence-electron chi connectivity index (χ3n) is 5.35. The van der Waals surface area contributed by atoms with E-state index in [-0.39, 0.29) is 23.1 Å². The fraction of sp³-hybridized carbons (Fsp3) is 0.391. The Morgan fingerprint density at radius 1 is 1.19 bits per heavy atom. The maximum atomic E-state index is 12.9. The van der Waals surface area contributed by atoms with Crippen LogP contribution in [0.1, 0.15) is 41.6 Å². The van der Waals surface area contributed by atoms with Crippen molar-refractivity contribution in [2.45, 2.75) is 46.3 Å². The number of anilines is 1. The second-order valence-electron chi connectivity index (χ2n) is 7.30. The van der Waals surface area contributed by atoms with Crippen LogP contribution in [-0.4, -0.2) is 45.1 Å². The second-order valence-corrected chi connectivity index (χ2v) is 9.45. The van der Waals surface area contributed by atoms with E-state index in [0.29, 0.717) is 46.3 Å². The van der Waals surface area contributed by atoms with Crippen LogP contribution >= 0.6 is 23.1 Å². The number of thiophene rings is 1. The second kappa shape index (κ2) is 10.3. The van der Waals surface area contributed by atoms with E-state index in [1.807, 2.05) is 34.6 Å². The number of benzene rings is 1. The maximum Gasteiger partial charge on any atom is 0.263 e. The minimum absolute atomic E-state index is 0.0634. The molecule has 170 valence electrons. The molecule has 0 atom stereocenters. The zero-order valence-electron chi connectivity index (χ0n) is 19.0. The lowest BCUT2D eigenvalue weighted by Crippen LogP contribution is -2.30. The number of aromatic nitrogens is 2. The van der Waals surface area contributed by atoms with Crippen LogP contribution in [0.3, 0.4) is 0 Å². The van der Waals surface area contributed by atoms with Crippen LogP contribution < -0.4 is 10.9 Å². The number of aryl methyl sites for hydroxylation is 2. The summed E-state index contributed by atoms with van der Waals surface area (Å²) in [6.45, 7) is 11.4. The Kier molecular flexibility index (Phi) is 7.73. The summed E-state index contributed by atoms with van der Waals surface area (Å²) in [7, 11) is 0. The van der Waals surface area contributed by atoms with Crippen LogP contribution in [0.5, 0.6) is 0 Å². The number of fused-ring (bicyclic) bond motifs is 1. The first-order chi connectivity index (χ1) is 15.3. The monoisotopic (exact) mass is 472 g/mol. The summed E-state index contributed by atoms with van der Waals surface area (Å²) in [4.78, 5) is 46.2. The molecule has 32 heavy (non-hydrogen) atoms. The average molecular weight is 473 g/mol. The number of hydrogen-bond acceptors (Lipinski definition) is 6. The van der Waals surface area contributed by atoms with E-state index < -0.39 is 0 Å². The fourth-order valence-electron chi connectivity index (χ4n) is 3.45. The van der Waals surface area contributed by atoms with E-state index in [1.165, 1.54) is 23.1 Å². The van der Waals surface area contributed by atoms with Gasteiger partial charge in [-0.1, -0.05) is 17.8 Å². The van der Waals surface area contributed by atoms with Gasteiger partial charge in [-0.3, -0.25) is 19.0 Å². The van der Waals surface area contributed by atoms with Crippen molar-refractivity contribution in [2.75, 3.05) is 24.2 Å². The number of nitrogens with zero attached hydrogens (tertiary/aromatic N) is 3. The van der Waals surface area contributed by atoms with E-state index in [4.69, 9.17) is 0 Å². The quantitative estimate of drug-likeness (QED) is 0.390. The van der Waals surface area contributed by atoms with Gasteiger partial charge < -0.3 is 10.2 Å². The van der Waals surface area contributed by atoms with E-state index in [9.17, 15) is 14.4 Å². The molecule has 0 fully saturated rings. The van der Waals surface area contributed by atoms with Gasteiger partial charge in [-0.15, -0.1) is 11.3 Å². The zero-order chi connectivity index (χ0) is 23.4. The molecule has 0 radical (unpaired) electrons. The summed E-state index contributed by atoms with van der Waals surface area (Å²) in [5.74, 6) is -0.181. The van der Waals surface area contributed by atoms with Crippen molar-refractivity contribution < 1.29 is 9.59 Å². The summed E-state index contributed by atoms with van der Waals surface area (Å²) in [5.41, 5.74) is 2.01. The first-order valence-electron chi connectivity index (χ1n) is 10.6. The van der Waals surface area contributed by atoms with Gasteiger partial charge in [-0.2, -0.15) is 0 Å². The molecule has 3 rings (SSSR count). The molecule has 1 N–H and O–H groups in total. The molecule has 0 saturated heterocycles. The summed E-state index contributed by atoms with van der Waals surface area (Å²) in [6, 6.07) is 6.94. The van der Waals surface area contributed by atoms with E-state index in [0.717, 1.165) is 10.4 Å². The molecular formula is C23H28N4O3S2. The van der Waals surface area contributed by atoms with Gasteiger partial charge in [0.1, 0.15) is 4.83 Å². The van der Waals surface area contributed by atoms with E-state index in [1.54, 1.807) is 33.7 Å². The van der Waals surface area contributed by atoms with E-state index in [2.05, 4.69) is 10.3 Å². The van der Waals surface area contributed by atoms with Gasteiger partial charge in [0.2, 0.25) is 5.91 Å². The smallest absolute Gasteiger partial charge is 0.263 e. The van der Waals surface area contributed by atoms with Gasteiger partial charge >= 0.3 is 0 Å². The summed E-state index contributed by atoms with van der Waals surface area (Å²) in [6.07, 6.45) is 0. The summed E-state index contributed by atoms with van der Waals surface area (Å²) >= 11 is 2.74. The molecule has 2 amide bonds. The van der Waals surface area contributed by atoms with Crippen molar-refractivity contribution in [3.63, 3.8) is 0 Å².